The molecule has 7 heteroatoms. The van der Waals surface area contributed by atoms with Crippen molar-refractivity contribution in [3.05, 3.63) is 33.8 Å². The minimum absolute atomic E-state index is 0.494. The van der Waals surface area contributed by atoms with Crippen LogP contribution in [0.25, 0.3) is 0 Å². The van der Waals surface area contributed by atoms with E-state index in [4.69, 9.17) is 27.9 Å². The Kier molecular flexibility index (Phi) is 8.71. The van der Waals surface area contributed by atoms with Crippen molar-refractivity contribution in [2.24, 2.45) is 10.9 Å². The maximum absolute atomic E-state index is 6.24. The zero-order valence-corrected chi connectivity index (χ0v) is 18.2. The van der Waals surface area contributed by atoms with E-state index in [2.05, 4.69) is 20.5 Å². The standard InChI is InChI=1S/C21H32Cl2N4O/c1-24-21(25-9-2-3-17-4-5-18(22)13-20(17)23)26-19-6-10-27(11-7-19)14-16-8-12-28-15-16/h4-5,13,16,19H,2-3,6-12,14-15H2,1H3,(H2,24,25,26). The van der Waals surface area contributed by atoms with E-state index in [0.29, 0.717) is 11.1 Å². The van der Waals surface area contributed by atoms with Gasteiger partial charge in [0.2, 0.25) is 0 Å². The monoisotopic (exact) mass is 426 g/mol. The molecule has 0 bridgehead atoms. The van der Waals surface area contributed by atoms with Gasteiger partial charge in [0.05, 0.1) is 6.61 Å². The zero-order chi connectivity index (χ0) is 19.8. The molecule has 2 aliphatic rings. The molecule has 0 aliphatic carbocycles. The van der Waals surface area contributed by atoms with E-state index in [0.717, 1.165) is 81.0 Å². The van der Waals surface area contributed by atoms with Crippen molar-refractivity contribution in [2.75, 3.05) is 46.4 Å². The summed E-state index contributed by atoms with van der Waals surface area (Å²) >= 11 is 12.2. The second kappa shape index (κ2) is 11.2. The summed E-state index contributed by atoms with van der Waals surface area (Å²) < 4.78 is 5.50. The van der Waals surface area contributed by atoms with E-state index < -0.39 is 0 Å². The first-order valence-corrected chi connectivity index (χ1v) is 11.1. The molecule has 0 aromatic heterocycles. The van der Waals surface area contributed by atoms with Crippen LogP contribution in [0.1, 0.15) is 31.2 Å². The smallest absolute Gasteiger partial charge is 0.191 e. The molecule has 2 fully saturated rings. The normalized spacial score (nSPS) is 21.8. The molecule has 2 saturated heterocycles. The molecule has 156 valence electrons. The molecule has 1 aromatic rings. The number of nitrogens with zero attached hydrogens (tertiary/aromatic N) is 2. The van der Waals surface area contributed by atoms with Gasteiger partial charge in [0.15, 0.2) is 5.96 Å². The van der Waals surface area contributed by atoms with Crippen LogP contribution in [-0.4, -0.2) is 63.3 Å². The summed E-state index contributed by atoms with van der Waals surface area (Å²) in [5, 5.41) is 8.43. The number of nitrogens with one attached hydrogen (secondary N) is 2. The average Bonchev–Trinajstić information content (AvgIpc) is 3.20. The number of benzene rings is 1. The van der Waals surface area contributed by atoms with Gasteiger partial charge in [-0.25, -0.2) is 0 Å². The fraction of sp³-hybridized carbons (Fsp3) is 0.667. The van der Waals surface area contributed by atoms with Crippen LogP contribution in [0.2, 0.25) is 10.0 Å². The number of ether oxygens (including phenoxy) is 1. The highest BCUT2D eigenvalue weighted by atomic mass is 35.5. The van der Waals surface area contributed by atoms with Gasteiger partial charge in [0.1, 0.15) is 0 Å². The average molecular weight is 427 g/mol. The lowest BCUT2D eigenvalue weighted by molar-refractivity contribution is 0.150. The SMILES string of the molecule is CN=C(NCCCc1ccc(Cl)cc1Cl)NC1CCN(CC2CCOC2)CC1. The van der Waals surface area contributed by atoms with Crippen molar-refractivity contribution in [3.63, 3.8) is 0 Å². The van der Waals surface area contributed by atoms with Crippen LogP contribution in [0.3, 0.4) is 0 Å². The first-order valence-electron chi connectivity index (χ1n) is 10.3. The fourth-order valence-corrected chi connectivity index (χ4v) is 4.45. The third-order valence-electron chi connectivity index (χ3n) is 5.62. The lowest BCUT2D eigenvalue weighted by Crippen LogP contribution is -2.49. The number of aliphatic imine (C=N–C) groups is 1. The van der Waals surface area contributed by atoms with Crippen molar-refractivity contribution in [2.45, 2.75) is 38.1 Å². The Labute approximate surface area is 178 Å². The van der Waals surface area contributed by atoms with Crippen molar-refractivity contribution in [1.82, 2.24) is 15.5 Å². The van der Waals surface area contributed by atoms with Crippen molar-refractivity contribution < 1.29 is 4.74 Å². The number of halogens is 2. The van der Waals surface area contributed by atoms with Gasteiger partial charge in [-0.3, -0.25) is 4.99 Å². The summed E-state index contributed by atoms with van der Waals surface area (Å²) in [6.45, 7) is 6.23. The molecule has 1 unspecified atom stereocenters. The number of rotatable bonds is 7. The van der Waals surface area contributed by atoms with Gasteiger partial charge in [0.25, 0.3) is 0 Å². The van der Waals surface area contributed by atoms with Crippen LogP contribution < -0.4 is 10.6 Å². The topological polar surface area (TPSA) is 48.9 Å². The Morgan fingerprint density at radius 3 is 2.75 bits per heavy atom. The van der Waals surface area contributed by atoms with Crippen LogP contribution in [-0.2, 0) is 11.2 Å². The largest absolute Gasteiger partial charge is 0.381 e. The van der Waals surface area contributed by atoms with Crippen molar-refractivity contribution in [1.29, 1.82) is 0 Å². The Hall–Kier alpha value is -1.01. The van der Waals surface area contributed by atoms with E-state index >= 15 is 0 Å². The van der Waals surface area contributed by atoms with Gasteiger partial charge in [-0.1, -0.05) is 29.3 Å². The Morgan fingerprint density at radius 2 is 2.07 bits per heavy atom. The quantitative estimate of drug-likeness (QED) is 0.397. The van der Waals surface area contributed by atoms with Crippen molar-refractivity contribution >= 4 is 29.2 Å². The third-order valence-corrected chi connectivity index (χ3v) is 6.21. The molecule has 1 aromatic carbocycles. The molecular weight excluding hydrogens is 395 g/mol. The molecule has 0 amide bonds. The zero-order valence-electron chi connectivity index (χ0n) is 16.7. The molecule has 2 heterocycles. The fourth-order valence-electron chi connectivity index (χ4n) is 3.95. The van der Waals surface area contributed by atoms with Gasteiger partial charge in [-0.05, 0) is 55.7 Å². The van der Waals surface area contributed by atoms with Crippen LogP contribution in [0.4, 0.5) is 0 Å². The molecular formula is C21H32Cl2N4O. The number of piperidine rings is 1. The number of aryl methyl sites for hydroxylation is 1. The summed E-state index contributed by atoms with van der Waals surface area (Å²) in [6, 6.07) is 6.19. The van der Waals surface area contributed by atoms with E-state index in [-0.39, 0.29) is 0 Å². The minimum atomic E-state index is 0.494. The molecule has 2 N–H and O–H groups in total. The Morgan fingerprint density at radius 1 is 1.25 bits per heavy atom. The van der Waals surface area contributed by atoms with E-state index in [1.165, 1.54) is 13.0 Å². The van der Waals surface area contributed by atoms with Crippen molar-refractivity contribution in [3.8, 4) is 0 Å². The molecule has 1 atom stereocenters. The minimum Gasteiger partial charge on any atom is -0.381 e. The number of hydrogen-bond acceptors (Lipinski definition) is 3. The summed E-state index contributed by atoms with van der Waals surface area (Å²) in [4.78, 5) is 6.97. The van der Waals surface area contributed by atoms with Crippen LogP contribution in [0, 0.1) is 5.92 Å². The highest BCUT2D eigenvalue weighted by molar-refractivity contribution is 6.35. The van der Waals surface area contributed by atoms with E-state index in [1.807, 2.05) is 19.2 Å². The lowest BCUT2D eigenvalue weighted by atomic mass is 10.0. The summed E-state index contributed by atoms with van der Waals surface area (Å²) in [7, 11) is 1.83. The molecule has 0 spiro atoms. The van der Waals surface area contributed by atoms with Crippen LogP contribution in [0.5, 0.6) is 0 Å². The third kappa shape index (κ3) is 6.80. The molecule has 0 radical (unpaired) electrons. The maximum Gasteiger partial charge on any atom is 0.191 e. The number of guanidine groups is 1. The molecule has 2 aliphatic heterocycles. The summed E-state index contributed by atoms with van der Waals surface area (Å²) in [5.41, 5.74) is 1.14. The highest BCUT2D eigenvalue weighted by Gasteiger charge is 2.24. The summed E-state index contributed by atoms with van der Waals surface area (Å²) in [5.74, 6) is 1.62. The second-order valence-corrected chi connectivity index (χ2v) is 8.63. The number of likely N-dealkylation sites (tertiary alicyclic amines) is 1. The van der Waals surface area contributed by atoms with Gasteiger partial charge < -0.3 is 20.3 Å². The molecule has 3 rings (SSSR count). The first-order chi connectivity index (χ1) is 13.6. The second-order valence-electron chi connectivity index (χ2n) is 7.79. The number of hydrogen-bond donors (Lipinski definition) is 2. The molecule has 28 heavy (non-hydrogen) atoms. The van der Waals surface area contributed by atoms with Crippen LogP contribution >= 0.6 is 23.2 Å². The van der Waals surface area contributed by atoms with Gasteiger partial charge >= 0.3 is 0 Å². The summed E-state index contributed by atoms with van der Waals surface area (Å²) in [6.07, 6.45) is 5.45. The van der Waals surface area contributed by atoms with Gasteiger partial charge in [-0.15, -0.1) is 0 Å². The lowest BCUT2D eigenvalue weighted by Gasteiger charge is -2.34. The van der Waals surface area contributed by atoms with Crippen LogP contribution in [0.15, 0.2) is 23.2 Å². The Bertz CT molecular complexity index is 641. The molecule has 5 nitrogen and oxygen atoms in total. The molecule has 0 saturated carbocycles. The highest BCUT2D eigenvalue weighted by Crippen LogP contribution is 2.22. The predicted molar refractivity (Wildman–Crippen MR) is 118 cm³/mol. The maximum atomic E-state index is 6.24. The van der Waals surface area contributed by atoms with E-state index in [1.54, 1.807) is 6.07 Å². The first kappa shape index (κ1) is 21.7. The Balaban J connectivity index is 1.32. The van der Waals surface area contributed by atoms with Gasteiger partial charge in [-0.2, -0.15) is 0 Å². The van der Waals surface area contributed by atoms with E-state index in [9.17, 15) is 0 Å². The predicted octanol–water partition coefficient (Wildman–Crippen LogP) is 3.59. The van der Waals surface area contributed by atoms with Gasteiger partial charge in [0, 0.05) is 55.9 Å².